The van der Waals surface area contributed by atoms with Crippen LogP contribution in [0.4, 0.5) is 0 Å². The maximum Gasteiger partial charge on any atom is 0.106 e. The molecule has 2 aromatic rings. The number of aliphatic hydroxyl groups excluding tert-OH is 2. The van der Waals surface area contributed by atoms with Crippen LogP contribution in [-0.2, 0) is 6.42 Å². The summed E-state index contributed by atoms with van der Waals surface area (Å²) in [6.07, 6.45) is -0.716. The molecule has 19 heavy (non-hydrogen) atoms. The van der Waals surface area contributed by atoms with Gasteiger partial charge in [-0.2, -0.15) is 0 Å². The molecule has 0 aliphatic heterocycles. The number of alkyl halides is 1. The molecule has 0 saturated heterocycles. The second-order valence-corrected chi connectivity index (χ2v) is 5.56. The minimum Gasteiger partial charge on any atom is -0.389 e. The standard InChI is InChI=1S/C16H15BrO2/c17-9-15(18)16(19)11-5-6-14-12(8-11)7-10-3-1-2-4-13(10)14/h1-6,8,15-16,18-19H,7,9H2. The number of halogens is 1. The molecule has 2 N–H and O–H groups in total. The van der Waals surface area contributed by atoms with Crippen LogP contribution in [0.1, 0.15) is 22.8 Å². The van der Waals surface area contributed by atoms with E-state index in [-0.39, 0.29) is 0 Å². The Balaban J connectivity index is 1.98. The van der Waals surface area contributed by atoms with Gasteiger partial charge in [-0.15, -0.1) is 0 Å². The van der Waals surface area contributed by atoms with Crippen molar-refractivity contribution in [2.45, 2.75) is 18.6 Å². The summed E-state index contributed by atoms with van der Waals surface area (Å²) in [6.45, 7) is 0. The first-order valence-corrected chi connectivity index (χ1v) is 7.46. The van der Waals surface area contributed by atoms with Crippen LogP contribution >= 0.6 is 15.9 Å². The van der Waals surface area contributed by atoms with Crippen molar-refractivity contribution < 1.29 is 10.2 Å². The maximum absolute atomic E-state index is 10.1. The van der Waals surface area contributed by atoms with Gasteiger partial charge in [0.25, 0.3) is 0 Å². The first kappa shape index (κ1) is 12.9. The lowest BCUT2D eigenvalue weighted by atomic mass is 9.99. The van der Waals surface area contributed by atoms with Gasteiger partial charge in [0, 0.05) is 5.33 Å². The van der Waals surface area contributed by atoms with Crippen molar-refractivity contribution >= 4 is 15.9 Å². The average Bonchev–Trinajstić information content (AvgIpc) is 2.83. The Morgan fingerprint density at radius 1 is 1.00 bits per heavy atom. The van der Waals surface area contributed by atoms with Crippen molar-refractivity contribution in [3.05, 3.63) is 59.2 Å². The molecule has 1 aliphatic rings. The van der Waals surface area contributed by atoms with Gasteiger partial charge in [-0.3, -0.25) is 0 Å². The SMILES string of the molecule is OC(CBr)C(O)c1ccc2c(c1)Cc1ccccc1-2. The lowest BCUT2D eigenvalue weighted by Gasteiger charge is -2.16. The topological polar surface area (TPSA) is 40.5 Å². The summed E-state index contributed by atoms with van der Waals surface area (Å²) in [5, 5.41) is 20.1. The zero-order valence-corrected chi connectivity index (χ0v) is 12.0. The zero-order chi connectivity index (χ0) is 13.4. The molecule has 0 fully saturated rings. The average molecular weight is 319 g/mol. The molecule has 3 rings (SSSR count). The van der Waals surface area contributed by atoms with Crippen LogP contribution < -0.4 is 0 Å². The van der Waals surface area contributed by atoms with Gasteiger partial charge in [-0.25, -0.2) is 0 Å². The maximum atomic E-state index is 10.1. The van der Waals surface area contributed by atoms with Crippen molar-refractivity contribution in [3.63, 3.8) is 0 Å². The van der Waals surface area contributed by atoms with Gasteiger partial charge in [-0.05, 0) is 34.2 Å². The molecule has 0 spiro atoms. The van der Waals surface area contributed by atoms with Gasteiger partial charge < -0.3 is 10.2 Å². The third kappa shape index (κ3) is 2.22. The molecule has 0 radical (unpaired) electrons. The quantitative estimate of drug-likeness (QED) is 0.729. The van der Waals surface area contributed by atoms with Crippen LogP contribution in [0.5, 0.6) is 0 Å². The van der Waals surface area contributed by atoms with Crippen molar-refractivity contribution in [1.82, 2.24) is 0 Å². The Morgan fingerprint density at radius 2 is 1.74 bits per heavy atom. The fourth-order valence-electron chi connectivity index (χ4n) is 2.66. The molecule has 3 heteroatoms. The van der Waals surface area contributed by atoms with Crippen LogP contribution in [0.3, 0.4) is 0 Å². The molecule has 0 aromatic heterocycles. The van der Waals surface area contributed by atoms with E-state index >= 15 is 0 Å². The van der Waals surface area contributed by atoms with Crippen molar-refractivity contribution in [2.24, 2.45) is 0 Å². The van der Waals surface area contributed by atoms with E-state index in [0.29, 0.717) is 5.33 Å². The fourth-order valence-corrected chi connectivity index (χ4v) is 3.01. The Morgan fingerprint density at radius 3 is 2.53 bits per heavy atom. The number of benzene rings is 2. The molecule has 2 unspecified atom stereocenters. The third-order valence-electron chi connectivity index (χ3n) is 3.68. The Kier molecular flexibility index (Phi) is 3.44. The van der Waals surface area contributed by atoms with Crippen LogP contribution in [0.15, 0.2) is 42.5 Å². The minimum absolute atomic E-state index is 0.367. The van der Waals surface area contributed by atoms with Gasteiger partial charge in [0.05, 0.1) is 6.10 Å². The van der Waals surface area contributed by atoms with E-state index in [9.17, 15) is 10.2 Å². The predicted octanol–water partition coefficient (Wildman–Crippen LogP) is 3.05. The zero-order valence-electron chi connectivity index (χ0n) is 10.4. The Labute approximate surface area is 120 Å². The minimum atomic E-state index is -0.839. The summed E-state index contributed by atoms with van der Waals surface area (Å²) >= 11 is 3.19. The van der Waals surface area contributed by atoms with Crippen LogP contribution in [-0.4, -0.2) is 21.6 Å². The highest BCUT2D eigenvalue weighted by Crippen LogP contribution is 2.37. The number of hydrogen-bond donors (Lipinski definition) is 2. The van der Waals surface area contributed by atoms with Crippen molar-refractivity contribution in [1.29, 1.82) is 0 Å². The van der Waals surface area contributed by atoms with E-state index in [0.717, 1.165) is 12.0 Å². The Bertz CT molecular complexity index is 609. The summed E-state index contributed by atoms with van der Waals surface area (Å²) < 4.78 is 0. The molecule has 1 aliphatic carbocycles. The molecule has 0 saturated carbocycles. The van der Waals surface area contributed by atoms with E-state index in [1.54, 1.807) is 0 Å². The van der Waals surface area contributed by atoms with Gasteiger partial charge in [-0.1, -0.05) is 58.4 Å². The van der Waals surface area contributed by atoms with Crippen LogP contribution in [0.25, 0.3) is 11.1 Å². The second kappa shape index (κ2) is 5.08. The predicted molar refractivity (Wildman–Crippen MR) is 79.4 cm³/mol. The lowest BCUT2D eigenvalue weighted by molar-refractivity contribution is 0.0342. The summed E-state index contributed by atoms with van der Waals surface area (Å²) in [4.78, 5) is 0. The van der Waals surface area contributed by atoms with Crippen molar-refractivity contribution in [3.8, 4) is 11.1 Å². The number of aliphatic hydroxyl groups is 2. The number of rotatable bonds is 3. The highest BCUT2D eigenvalue weighted by Gasteiger charge is 2.22. The molecule has 2 aromatic carbocycles. The molecule has 98 valence electrons. The monoisotopic (exact) mass is 318 g/mol. The Hall–Kier alpha value is -1.16. The van der Waals surface area contributed by atoms with Gasteiger partial charge >= 0.3 is 0 Å². The summed E-state index contributed by atoms with van der Waals surface area (Å²) in [7, 11) is 0. The molecule has 2 atom stereocenters. The van der Waals surface area contributed by atoms with E-state index in [1.165, 1.54) is 22.3 Å². The van der Waals surface area contributed by atoms with E-state index in [2.05, 4.69) is 34.1 Å². The van der Waals surface area contributed by atoms with E-state index in [1.807, 2.05) is 24.3 Å². The lowest BCUT2D eigenvalue weighted by Crippen LogP contribution is -2.19. The molecule has 0 amide bonds. The third-order valence-corrected chi connectivity index (χ3v) is 4.35. The summed E-state index contributed by atoms with van der Waals surface area (Å²) in [6, 6.07) is 14.3. The largest absolute Gasteiger partial charge is 0.389 e. The highest BCUT2D eigenvalue weighted by atomic mass is 79.9. The summed E-state index contributed by atoms with van der Waals surface area (Å²) in [5.74, 6) is 0. The van der Waals surface area contributed by atoms with Gasteiger partial charge in [0.2, 0.25) is 0 Å². The molecule has 2 nitrogen and oxygen atoms in total. The highest BCUT2D eigenvalue weighted by molar-refractivity contribution is 9.09. The van der Waals surface area contributed by atoms with E-state index in [4.69, 9.17) is 0 Å². The number of fused-ring (bicyclic) bond motifs is 3. The molecular formula is C16H15BrO2. The molecule has 0 heterocycles. The van der Waals surface area contributed by atoms with Gasteiger partial charge in [0.1, 0.15) is 6.10 Å². The first-order chi connectivity index (χ1) is 9.20. The van der Waals surface area contributed by atoms with Gasteiger partial charge in [0.15, 0.2) is 0 Å². The van der Waals surface area contributed by atoms with Crippen molar-refractivity contribution in [2.75, 3.05) is 5.33 Å². The summed E-state index contributed by atoms with van der Waals surface area (Å²) in [5.41, 5.74) is 5.84. The van der Waals surface area contributed by atoms with Crippen LogP contribution in [0.2, 0.25) is 0 Å². The fraction of sp³-hybridized carbons (Fsp3) is 0.250. The van der Waals surface area contributed by atoms with Crippen LogP contribution in [0, 0.1) is 0 Å². The molecular weight excluding hydrogens is 304 g/mol. The number of hydrogen-bond acceptors (Lipinski definition) is 2. The second-order valence-electron chi connectivity index (χ2n) is 4.92. The van der Waals surface area contributed by atoms with E-state index < -0.39 is 12.2 Å². The molecule has 0 bridgehead atoms. The first-order valence-electron chi connectivity index (χ1n) is 6.34. The smallest absolute Gasteiger partial charge is 0.106 e. The normalized spacial score (nSPS) is 15.7.